The van der Waals surface area contributed by atoms with Gasteiger partial charge in [-0.15, -0.1) is 0 Å². The summed E-state index contributed by atoms with van der Waals surface area (Å²) in [6.07, 6.45) is 2.47. The number of aryl methyl sites for hydroxylation is 2. The Labute approximate surface area is 111 Å². The maximum Gasteiger partial charge on any atom is 0.134 e. The van der Waals surface area contributed by atoms with Crippen molar-refractivity contribution in [2.24, 2.45) is 12.8 Å². The maximum atomic E-state index is 5.71. The van der Waals surface area contributed by atoms with Gasteiger partial charge in [-0.1, -0.05) is 12.2 Å². The molecule has 96 valence electrons. The van der Waals surface area contributed by atoms with Crippen LogP contribution in [0.25, 0.3) is 0 Å². The van der Waals surface area contributed by atoms with Crippen LogP contribution in [0.5, 0.6) is 0 Å². The number of hydrogen-bond acceptors (Lipinski definition) is 4. The third-order valence-electron chi connectivity index (χ3n) is 2.71. The average molecular weight is 264 g/mol. The Morgan fingerprint density at radius 1 is 1.61 bits per heavy atom. The van der Waals surface area contributed by atoms with Crippen LogP contribution >= 0.6 is 12.2 Å². The highest BCUT2D eigenvalue weighted by Gasteiger charge is 2.14. The van der Waals surface area contributed by atoms with E-state index >= 15 is 0 Å². The minimum Gasteiger partial charge on any atom is -0.469 e. The van der Waals surface area contributed by atoms with E-state index in [0.29, 0.717) is 4.99 Å². The van der Waals surface area contributed by atoms with Gasteiger partial charge in [0.25, 0.3) is 0 Å². The molecule has 0 radical (unpaired) electrons. The molecule has 5 nitrogen and oxygen atoms in total. The molecule has 0 saturated carbocycles. The lowest BCUT2D eigenvalue weighted by Gasteiger charge is -2.08. The number of thiocarbonyl (C=S) groups is 1. The van der Waals surface area contributed by atoms with Crippen LogP contribution in [0.15, 0.2) is 22.8 Å². The van der Waals surface area contributed by atoms with Crippen LogP contribution in [-0.4, -0.2) is 21.3 Å². The van der Waals surface area contributed by atoms with Gasteiger partial charge in [0.2, 0.25) is 0 Å². The second-order valence-corrected chi connectivity index (χ2v) is 4.49. The van der Waals surface area contributed by atoms with Crippen LogP contribution in [0.4, 0.5) is 5.82 Å². The van der Waals surface area contributed by atoms with Crippen molar-refractivity contribution in [2.75, 3.05) is 11.9 Å². The standard InChI is InChI=1S/C12H16N4OS/c1-8-10(11(13)18)12(16(2)15-8)14-6-5-9-4-3-7-17-9/h3-4,7,14H,5-6H2,1-2H3,(H2,13,18). The van der Waals surface area contributed by atoms with Crippen LogP contribution in [0.3, 0.4) is 0 Å². The van der Waals surface area contributed by atoms with Gasteiger partial charge in [-0.25, -0.2) is 0 Å². The molecule has 0 atom stereocenters. The van der Waals surface area contributed by atoms with Crippen LogP contribution in [0.2, 0.25) is 0 Å². The molecule has 18 heavy (non-hydrogen) atoms. The largest absolute Gasteiger partial charge is 0.469 e. The molecule has 0 amide bonds. The molecule has 0 fully saturated rings. The number of anilines is 1. The van der Waals surface area contributed by atoms with Crippen molar-refractivity contribution in [3.8, 4) is 0 Å². The highest BCUT2D eigenvalue weighted by Crippen LogP contribution is 2.18. The second-order valence-electron chi connectivity index (χ2n) is 4.05. The lowest BCUT2D eigenvalue weighted by molar-refractivity contribution is 0.512. The summed E-state index contributed by atoms with van der Waals surface area (Å²) in [7, 11) is 1.87. The zero-order valence-corrected chi connectivity index (χ0v) is 11.3. The number of nitrogens with two attached hydrogens (primary N) is 1. The molecular formula is C12H16N4OS. The van der Waals surface area contributed by atoms with Crippen molar-refractivity contribution in [3.63, 3.8) is 0 Å². The summed E-state index contributed by atoms with van der Waals surface area (Å²) in [4.78, 5) is 0.362. The van der Waals surface area contributed by atoms with Crippen molar-refractivity contribution < 1.29 is 4.42 Å². The fraction of sp³-hybridized carbons (Fsp3) is 0.333. The fourth-order valence-electron chi connectivity index (χ4n) is 1.91. The van der Waals surface area contributed by atoms with E-state index in [2.05, 4.69) is 10.4 Å². The van der Waals surface area contributed by atoms with E-state index in [-0.39, 0.29) is 0 Å². The van der Waals surface area contributed by atoms with E-state index in [0.717, 1.165) is 35.8 Å². The molecule has 2 heterocycles. The number of nitrogens with one attached hydrogen (secondary N) is 1. The molecular weight excluding hydrogens is 248 g/mol. The summed E-state index contributed by atoms with van der Waals surface area (Å²) in [5, 5.41) is 7.61. The first-order valence-corrected chi connectivity index (χ1v) is 6.10. The van der Waals surface area contributed by atoms with Gasteiger partial charge in [0.1, 0.15) is 16.6 Å². The van der Waals surface area contributed by atoms with Crippen LogP contribution < -0.4 is 11.1 Å². The Balaban J connectivity index is 2.07. The SMILES string of the molecule is Cc1nn(C)c(NCCc2ccco2)c1C(N)=S. The number of rotatable bonds is 5. The van der Waals surface area contributed by atoms with Gasteiger partial charge >= 0.3 is 0 Å². The molecule has 0 spiro atoms. The predicted octanol–water partition coefficient (Wildman–Crippen LogP) is 1.61. The molecule has 0 aliphatic rings. The topological polar surface area (TPSA) is 69.0 Å². The van der Waals surface area contributed by atoms with Crippen molar-refractivity contribution in [1.29, 1.82) is 0 Å². The molecule has 6 heteroatoms. The van der Waals surface area contributed by atoms with Crippen molar-refractivity contribution >= 4 is 23.0 Å². The average Bonchev–Trinajstić information content (AvgIpc) is 2.87. The highest BCUT2D eigenvalue weighted by atomic mass is 32.1. The first-order chi connectivity index (χ1) is 8.59. The minimum atomic E-state index is 0.362. The van der Waals surface area contributed by atoms with Crippen molar-refractivity contribution in [1.82, 2.24) is 9.78 Å². The summed E-state index contributed by atoms with van der Waals surface area (Å²) in [6.45, 7) is 2.63. The van der Waals surface area contributed by atoms with E-state index < -0.39 is 0 Å². The highest BCUT2D eigenvalue weighted by molar-refractivity contribution is 7.80. The summed E-state index contributed by atoms with van der Waals surface area (Å²) in [5.41, 5.74) is 7.37. The second kappa shape index (κ2) is 5.22. The van der Waals surface area contributed by atoms with E-state index in [9.17, 15) is 0 Å². The molecule has 2 aromatic heterocycles. The summed E-state index contributed by atoms with van der Waals surface area (Å²) < 4.78 is 7.03. The summed E-state index contributed by atoms with van der Waals surface area (Å²) in [6, 6.07) is 3.83. The summed E-state index contributed by atoms with van der Waals surface area (Å²) in [5.74, 6) is 1.80. The first kappa shape index (κ1) is 12.6. The lowest BCUT2D eigenvalue weighted by Crippen LogP contribution is -2.15. The molecule has 0 aliphatic heterocycles. The Kier molecular flexibility index (Phi) is 3.66. The normalized spacial score (nSPS) is 10.6. The van der Waals surface area contributed by atoms with Gasteiger partial charge in [-0.2, -0.15) is 5.10 Å². The van der Waals surface area contributed by atoms with Crippen molar-refractivity contribution in [2.45, 2.75) is 13.3 Å². The van der Waals surface area contributed by atoms with Gasteiger partial charge in [0, 0.05) is 20.0 Å². The number of hydrogen-bond donors (Lipinski definition) is 2. The van der Waals surface area contributed by atoms with Crippen LogP contribution in [0.1, 0.15) is 17.0 Å². The Bertz CT molecular complexity index is 545. The zero-order valence-electron chi connectivity index (χ0n) is 10.4. The lowest BCUT2D eigenvalue weighted by atomic mass is 10.2. The molecule has 0 saturated heterocycles. The number of furan rings is 1. The van der Waals surface area contributed by atoms with E-state index in [4.69, 9.17) is 22.4 Å². The molecule has 2 aromatic rings. The number of aromatic nitrogens is 2. The van der Waals surface area contributed by atoms with E-state index in [1.54, 1.807) is 10.9 Å². The van der Waals surface area contributed by atoms with Crippen LogP contribution in [0, 0.1) is 6.92 Å². The van der Waals surface area contributed by atoms with Gasteiger partial charge < -0.3 is 15.5 Å². The molecule has 3 N–H and O–H groups in total. The molecule has 0 unspecified atom stereocenters. The Hall–Kier alpha value is -1.82. The Morgan fingerprint density at radius 2 is 2.39 bits per heavy atom. The van der Waals surface area contributed by atoms with Crippen LogP contribution in [-0.2, 0) is 13.5 Å². The van der Waals surface area contributed by atoms with Gasteiger partial charge in [0.15, 0.2) is 0 Å². The molecule has 0 aromatic carbocycles. The molecule has 0 bridgehead atoms. The van der Waals surface area contributed by atoms with Gasteiger partial charge in [-0.05, 0) is 19.1 Å². The Morgan fingerprint density at radius 3 is 3.00 bits per heavy atom. The molecule has 0 aliphatic carbocycles. The van der Waals surface area contributed by atoms with Gasteiger partial charge in [-0.3, -0.25) is 4.68 Å². The van der Waals surface area contributed by atoms with E-state index in [1.807, 2.05) is 26.1 Å². The third kappa shape index (κ3) is 2.53. The van der Waals surface area contributed by atoms with Crippen molar-refractivity contribution in [3.05, 3.63) is 35.4 Å². The van der Waals surface area contributed by atoms with Gasteiger partial charge in [0.05, 0.1) is 17.5 Å². The smallest absolute Gasteiger partial charge is 0.134 e. The maximum absolute atomic E-state index is 5.71. The predicted molar refractivity (Wildman–Crippen MR) is 74.7 cm³/mol. The number of nitrogens with zero attached hydrogens (tertiary/aromatic N) is 2. The monoisotopic (exact) mass is 264 g/mol. The first-order valence-electron chi connectivity index (χ1n) is 5.69. The summed E-state index contributed by atoms with van der Waals surface area (Å²) >= 11 is 5.05. The zero-order chi connectivity index (χ0) is 13.1. The van der Waals surface area contributed by atoms with E-state index in [1.165, 1.54) is 0 Å². The minimum absolute atomic E-state index is 0.362. The third-order valence-corrected chi connectivity index (χ3v) is 2.92. The fourth-order valence-corrected chi connectivity index (χ4v) is 2.16. The quantitative estimate of drug-likeness (QED) is 0.803. The molecule has 2 rings (SSSR count).